The molecule has 1 aliphatic carbocycles. The lowest BCUT2D eigenvalue weighted by molar-refractivity contribution is -0.129. The van der Waals surface area contributed by atoms with Crippen LogP contribution >= 0.6 is 0 Å². The van der Waals surface area contributed by atoms with E-state index in [-0.39, 0.29) is 6.42 Å². The standard InChI is InChI=1S/C27H31N5O2.C4H8O3.C2H6/c1-5-9-23(33-4)11-6-7-17-34-24-12-8-10-22(13-14-24)31-26-21(15-16-28)18-30-32-19-25(29-3)20(2)27(26)32;1-6-2-3-7-4-5;1-2/h5-9,12-14,18-19,29,31H,1,10-11,15,17H2,2-4H3;4H,2-3H2,1H3;1-2H3/b7-6-,23-9+;;. The summed E-state index contributed by atoms with van der Waals surface area (Å²) in [5.74, 6) is 1.63. The third-order valence-corrected chi connectivity index (χ3v) is 5.90. The molecule has 0 fully saturated rings. The van der Waals surface area contributed by atoms with Gasteiger partial charge in [0.25, 0.3) is 6.47 Å². The van der Waals surface area contributed by atoms with Crippen molar-refractivity contribution in [2.75, 3.05) is 51.7 Å². The fourth-order valence-corrected chi connectivity index (χ4v) is 3.84. The van der Waals surface area contributed by atoms with Gasteiger partial charge >= 0.3 is 0 Å². The van der Waals surface area contributed by atoms with E-state index in [9.17, 15) is 10.1 Å². The average molecular weight is 592 g/mol. The molecule has 0 spiro atoms. The fraction of sp³-hybridized carbons (Fsp3) is 0.364. The number of ether oxygens (including phenoxy) is 4. The summed E-state index contributed by atoms with van der Waals surface area (Å²) in [6, 6.07) is 2.24. The summed E-state index contributed by atoms with van der Waals surface area (Å²) in [6.07, 6.45) is 20.9. The Hall–Kier alpha value is -4.75. The Morgan fingerprint density at radius 3 is 2.67 bits per heavy atom. The van der Waals surface area contributed by atoms with Crippen LogP contribution in [0.1, 0.15) is 37.8 Å². The summed E-state index contributed by atoms with van der Waals surface area (Å²) in [6.45, 7) is 11.4. The van der Waals surface area contributed by atoms with Gasteiger partial charge in [-0.1, -0.05) is 44.7 Å². The molecule has 0 bridgehead atoms. The summed E-state index contributed by atoms with van der Waals surface area (Å²) < 4.78 is 21.8. The minimum Gasteiger partial charge on any atom is -0.501 e. The Kier molecular flexibility index (Phi) is 18.5. The average Bonchev–Trinajstić information content (AvgIpc) is 3.19. The Morgan fingerprint density at radius 1 is 1.23 bits per heavy atom. The van der Waals surface area contributed by atoms with E-state index >= 15 is 0 Å². The third kappa shape index (κ3) is 12.3. The Bertz CT molecular complexity index is 1350. The second-order valence-corrected chi connectivity index (χ2v) is 8.60. The number of nitriles is 1. The van der Waals surface area contributed by atoms with Gasteiger partial charge in [-0.25, -0.2) is 4.52 Å². The highest BCUT2D eigenvalue weighted by atomic mass is 16.5. The second-order valence-electron chi connectivity index (χ2n) is 8.60. The predicted molar refractivity (Wildman–Crippen MR) is 173 cm³/mol. The predicted octanol–water partition coefficient (Wildman–Crippen LogP) is 6.40. The molecule has 0 amide bonds. The molecule has 0 aromatic carbocycles. The maximum Gasteiger partial charge on any atom is 0.293 e. The fourth-order valence-electron chi connectivity index (χ4n) is 3.84. The van der Waals surface area contributed by atoms with E-state index in [1.165, 1.54) is 0 Å². The summed E-state index contributed by atoms with van der Waals surface area (Å²) >= 11 is 0. The molecule has 0 saturated heterocycles. The summed E-state index contributed by atoms with van der Waals surface area (Å²) in [5, 5.41) is 20.6. The van der Waals surface area contributed by atoms with E-state index in [0.29, 0.717) is 39.1 Å². The normalized spacial score (nSPS) is 12.3. The van der Waals surface area contributed by atoms with Crippen molar-refractivity contribution in [1.82, 2.24) is 9.61 Å². The molecule has 10 heteroatoms. The molecule has 43 heavy (non-hydrogen) atoms. The van der Waals surface area contributed by atoms with E-state index in [2.05, 4.69) is 43.9 Å². The van der Waals surface area contributed by atoms with E-state index < -0.39 is 0 Å². The molecule has 0 atom stereocenters. The van der Waals surface area contributed by atoms with Gasteiger partial charge in [0.2, 0.25) is 0 Å². The molecule has 0 aliphatic heterocycles. The largest absolute Gasteiger partial charge is 0.501 e. The molecular formula is C33H45N5O5. The lowest BCUT2D eigenvalue weighted by atomic mass is 10.1. The van der Waals surface area contributed by atoms with Gasteiger partial charge in [0.15, 0.2) is 0 Å². The SMILES string of the molecule is C=C/C=C(\C/C=C\COC1=CC=C(Nc2c(CC#N)cnn3cc(NC)c(C)c23)CC=C1)OC.CC.COCCOC=O. The molecule has 0 saturated carbocycles. The highest BCUT2D eigenvalue weighted by molar-refractivity contribution is 5.84. The molecule has 1 aliphatic rings. The van der Waals surface area contributed by atoms with Crippen molar-refractivity contribution >= 4 is 23.4 Å². The van der Waals surface area contributed by atoms with Gasteiger partial charge in [-0.2, -0.15) is 10.4 Å². The van der Waals surface area contributed by atoms with Crippen LogP contribution < -0.4 is 10.6 Å². The Morgan fingerprint density at radius 2 is 2.02 bits per heavy atom. The first-order valence-corrected chi connectivity index (χ1v) is 14.1. The van der Waals surface area contributed by atoms with Gasteiger partial charge in [-0.15, -0.1) is 0 Å². The van der Waals surface area contributed by atoms with Gasteiger partial charge in [0.05, 0.1) is 61.3 Å². The number of rotatable bonds is 15. The van der Waals surface area contributed by atoms with Crippen molar-refractivity contribution in [2.24, 2.45) is 0 Å². The third-order valence-electron chi connectivity index (χ3n) is 5.90. The van der Waals surface area contributed by atoms with Crippen LogP contribution in [0.4, 0.5) is 11.4 Å². The van der Waals surface area contributed by atoms with Crippen LogP contribution in [0, 0.1) is 18.3 Å². The van der Waals surface area contributed by atoms with Crippen LogP contribution in [0.15, 0.2) is 84.8 Å². The van der Waals surface area contributed by atoms with Crippen LogP contribution in [0.3, 0.4) is 0 Å². The number of hydrogen-bond acceptors (Lipinski definition) is 9. The topological polar surface area (TPSA) is 119 Å². The van der Waals surface area contributed by atoms with E-state index in [1.54, 1.807) is 26.5 Å². The Labute approximate surface area is 255 Å². The number of aryl methyl sites for hydroxylation is 1. The summed E-state index contributed by atoms with van der Waals surface area (Å²) in [4.78, 5) is 9.40. The number of aromatic nitrogens is 2. The number of hydrogen-bond donors (Lipinski definition) is 2. The van der Waals surface area contributed by atoms with Crippen molar-refractivity contribution in [3.63, 3.8) is 0 Å². The lowest BCUT2D eigenvalue weighted by Crippen LogP contribution is -2.06. The smallest absolute Gasteiger partial charge is 0.293 e. The van der Waals surface area contributed by atoms with E-state index in [1.807, 2.05) is 75.0 Å². The van der Waals surface area contributed by atoms with Gasteiger partial charge in [-0.3, -0.25) is 4.79 Å². The number of fused-ring (bicyclic) bond motifs is 1. The highest BCUT2D eigenvalue weighted by Crippen LogP contribution is 2.32. The zero-order valence-corrected chi connectivity index (χ0v) is 26.2. The summed E-state index contributed by atoms with van der Waals surface area (Å²) in [5.41, 5.74) is 5.80. The first kappa shape index (κ1) is 36.3. The van der Waals surface area contributed by atoms with Gasteiger partial charge in [-0.05, 0) is 31.2 Å². The van der Waals surface area contributed by atoms with Crippen LogP contribution in [-0.4, -0.2) is 57.2 Å². The molecule has 2 heterocycles. The van der Waals surface area contributed by atoms with Crippen molar-refractivity contribution in [2.45, 2.75) is 40.0 Å². The van der Waals surface area contributed by atoms with Gasteiger partial charge in [0.1, 0.15) is 19.0 Å². The summed E-state index contributed by atoms with van der Waals surface area (Å²) in [7, 11) is 5.09. The molecular weight excluding hydrogens is 546 g/mol. The quantitative estimate of drug-likeness (QED) is 0.0797. The molecule has 2 N–H and O–H groups in total. The lowest BCUT2D eigenvalue weighted by Gasteiger charge is -2.14. The molecule has 10 nitrogen and oxygen atoms in total. The van der Waals surface area contributed by atoms with Crippen molar-refractivity contribution in [3.05, 3.63) is 95.9 Å². The molecule has 3 rings (SSSR count). The van der Waals surface area contributed by atoms with Crippen LogP contribution in [-0.2, 0) is 30.2 Å². The van der Waals surface area contributed by atoms with Crippen LogP contribution in [0.5, 0.6) is 0 Å². The number of carbonyl (C=O) groups is 1. The number of nitrogens with zero attached hydrogens (tertiary/aromatic N) is 3. The minimum atomic E-state index is 0.276. The van der Waals surface area contributed by atoms with Crippen LogP contribution in [0.25, 0.3) is 5.52 Å². The van der Waals surface area contributed by atoms with Gasteiger partial charge < -0.3 is 29.6 Å². The maximum atomic E-state index is 9.40. The van der Waals surface area contributed by atoms with Crippen molar-refractivity contribution in [1.29, 1.82) is 5.26 Å². The van der Waals surface area contributed by atoms with Crippen molar-refractivity contribution in [3.8, 4) is 6.07 Å². The number of carbonyl (C=O) groups excluding carboxylic acids is 1. The maximum absolute atomic E-state index is 9.40. The minimum absolute atomic E-state index is 0.276. The second kappa shape index (κ2) is 21.9. The zero-order valence-electron chi connectivity index (χ0n) is 26.2. The first-order chi connectivity index (χ1) is 21.0. The molecule has 0 radical (unpaired) electrons. The highest BCUT2D eigenvalue weighted by Gasteiger charge is 2.16. The number of allylic oxidation sites excluding steroid dienone is 7. The van der Waals surface area contributed by atoms with Crippen LogP contribution in [0.2, 0.25) is 0 Å². The first-order valence-electron chi connectivity index (χ1n) is 14.1. The number of anilines is 2. The number of methoxy groups -OCH3 is 2. The van der Waals surface area contributed by atoms with E-state index in [0.717, 1.165) is 45.2 Å². The molecule has 0 unspecified atom stereocenters. The molecule has 2 aromatic rings. The molecule has 232 valence electrons. The van der Waals surface area contributed by atoms with Gasteiger partial charge in [0, 0.05) is 43.8 Å². The number of nitrogens with one attached hydrogen (secondary N) is 2. The Balaban J connectivity index is 0.000000901. The molecule has 2 aromatic heterocycles. The zero-order chi connectivity index (χ0) is 31.9. The van der Waals surface area contributed by atoms with Crippen molar-refractivity contribution < 1.29 is 23.7 Å². The van der Waals surface area contributed by atoms with E-state index in [4.69, 9.17) is 9.47 Å². The monoisotopic (exact) mass is 591 g/mol.